The average Bonchev–Trinajstić information content (AvgIpc) is 4.06. The predicted octanol–water partition coefficient (Wildman–Crippen LogP) is 4.94. The van der Waals surface area contributed by atoms with Crippen LogP contribution in [0.15, 0.2) is 131 Å². The van der Waals surface area contributed by atoms with Gasteiger partial charge in [0.2, 0.25) is 25.0 Å². The third-order valence-electron chi connectivity index (χ3n) is 12.7. The topological polar surface area (TPSA) is 161 Å². The van der Waals surface area contributed by atoms with Gasteiger partial charge in [-0.15, -0.1) is 0 Å². The Morgan fingerprint density at radius 1 is 0.564 bits per heavy atom. The van der Waals surface area contributed by atoms with Crippen molar-refractivity contribution < 1.29 is 115 Å². The molecule has 0 saturated carbocycles. The number of hydrogen-bond donors (Lipinski definition) is 1. The van der Waals surface area contributed by atoms with Gasteiger partial charge < -0.3 is 62.5 Å². The lowest BCUT2D eigenvalue weighted by Crippen LogP contribution is -3.00. The molecule has 12 rings (SSSR count). The van der Waals surface area contributed by atoms with Crippen LogP contribution in [0.1, 0.15) is 29.7 Å². The number of alkyl halides is 6. The van der Waals surface area contributed by atoms with Crippen molar-refractivity contribution in [2.45, 2.75) is 55.5 Å². The molecule has 0 radical (unpaired) electrons. The van der Waals surface area contributed by atoms with E-state index >= 15 is 0 Å². The summed E-state index contributed by atoms with van der Waals surface area (Å²) in [6.45, 7) is 1.93. The Kier molecular flexibility index (Phi) is 16.8. The van der Waals surface area contributed by atoms with E-state index in [9.17, 15) is 48.3 Å². The van der Waals surface area contributed by atoms with E-state index in [4.69, 9.17) is 43.3 Å². The zero-order valence-electron chi connectivity index (χ0n) is 39.8. The Bertz CT molecular complexity index is 3840. The molecule has 0 fully saturated rings. The molecule has 0 aliphatic carbocycles. The smallest absolute Gasteiger partial charge is 0.416 e. The Morgan fingerprint density at radius 3 is 1.41 bits per heavy atom. The van der Waals surface area contributed by atoms with Gasteiger partial charge in [0, 0.05) is 35.7 Å². The number of ether oxygens (including phenoxy) is 6. The molecule has 0 saturated heterocycles. The molecule has 8 aromatic rings. The predicted molar refractivity (Wildman–Crippen MR) is 264 cm³/mol. The highest BCUT2D eigenvalue weighted by Crippen LogP contribution is 2.44. The van der Waals surface area contributed by atoms with Crippen molar-refractivity contribution in [3.63, 3.8) is 0 Å². The summed E-state index contributed by atoms with van der Waals surface area (Å²) in [7, 11) is -0.568. The number of rotatable bonds is 6. The summed E-state index contributed by atoms with van der Waals surface area (Å²) in [5.41, 5.74) is 4.66. The number of aryl methyl sites for hydroxylation is 4. The minimum Gasteiger partial charge on any atom is -1.00 e. The fraction of sp³-hybridized carbons (Fsp3) is 0.208. The van der Waals surface area contributed by atoms with E-state index in [1.54, 1.807) is 31.5 Å². The van der Waals surface area contributed by atoms with Gasteiger partial charge in [-0.1, -0.05) is 7.43 Å². The van der Waals surface area contributed by atoms with Gasteiger partial charge in [0.05, 0.1) is 52.1 Å². The number of pyridine rings is 2. The maximum atomic E-state index is 13.0. The SMILES string of the molecule is C.COc1ccc2cc3[n+](cc2c1O)CCc1cc2c(cc1-3)OCO2.COc1ccc2cc3[n+](cc2c1OS(=O)(=O)c1ccc(C(F)(F)F)cc1)CCc1cc2c(cc1-3)OCO2.O=S(=O)(Cl)c1ccc(C(F)(F)F)cc1.[Cl-].[Cl-]. The number of fused-ring (bicyclic) bond motifs is 10. The highest BCUT2D eigenvalue weighted by molar-refractivity contribution is 8.13. The minimum atomic E-state index is -4.59. The van der Waals surface area contributed by atoms with Crippen LogP contribution in [-0.4, -0.2) is 49.7 Å². The molecule has 6 aromatic carbocycles. The average molecular weight is 1180 g/mol. The third-order valence-corrected chi connectivity index (χ3v) is 15.3. The molecule has 14 nitrogen and oxygen atoms in total. The van der Waals surface area contributed by atoms with Gasteiger partial charge in [-0.05, 0) is 119 Å². The number of phenolic OH excluding ortho intramolecular Hbond substituents is 1. The Balaban J connectivity index is 0.000000185. The second-order valence-electron chi connectivity index (χ2n) is 17.2. The maximum absolute atomic E-state index is 13.0. The Morgan fingerprint density at radius 2 is 0.974 bits per heavy atom. The second kappa shape index (κ2) is 22.3. The number of aromatic hydroxyl groups is 1. The molecular formula is C53H43Cl3F6N2O12S2. The summed E-state index contributed by atoms with van der Waals surface area (Å²) in [5.74, 6) is 3.78. The monoisotopic (exact) mass is 1180 g/mol. The van der Waals surface area contributed by atoms with Crippen LogP contribution in [0.4, 0.5) is 26.3 Å². The Hall–Kier alpha value is -7.11. The first-order valence-corrected chi connectivity index (χ1v) is 26.2. The van der Waals surface area contributed by atoms with Crippen LogP contribution in [0.2, 0.25) is 0 Å². The Labute approximate surface area is 459 Å². The zero-order chi connectivity index (χ0) is 53.2. The lowest BCUT2D eigenvalue weighted by Gasteiger charge is -2.18. The molecule has 4 aliphatic heterocycles. The van der Waals surface area contributed by atoms with E-state index in [1.165, 1.54) is 12.7 Å². The van der Waals surface area contributed by atoms with Gasteiger partial charge in [0.1, 0.15) is 4.90 Å². The van der Waals surface area contributed by atoms with Gasteiger partial charge in [-0.3, -0.25) is 0 Å². The minimum absolute atomic E-state index is 0. The molecule has 4 aliphatic rings. The summed E-state index contributed by atoms with van der Waals surface area (Å²) in [5, 5.41) is 13.3. The molecule has 25 heteroatoms. The highest BCUT2D eigenvalue weighted by atomic mass is 35.7. The van der Waals surface area contributed by atoms with Crippen molar-refractivity contribution in [2.75, 3.05) is 27.8 Å². The van der Waals surface area contributed by atoms with Gasteiger partial charge in [-0.25, -0.2) is 8.42 Å². The van der Waals surface area contributed by atoms with Crippen LogP contribution in [-0.2, 0) is 57.5 Å². The van der Waals surface area contributed by atoms with E-state index in [0.717, 1.165) is 94.0 Å². The van der Waals surface area contributed by atoms with E-state index < -0.39 is 47.5 Å². The van der Waals surface area contributed by atoms with Gasteiger partial charge in [0.15, 0.2) is 71.5 Å². The molecule has 0 unspecified atom stereocenters. The molecule has 2 aromatic heterocycles. The van der Waals surface area contributed by atoms with E-state index in [-0.39, 0.29) is 68.0 Å². The molecule has 0 amide bonds. The molecule has 0 bridgehead atoms. The van der Waals surface area contributed by atoms with Crippen LogP contribution < -0.4 is 66.6 Å². The van der Waals surface area contributed by atoms with Crippen LogP contribution in [0.25, 0.3) is 44.1 Å². The van der Waals surface area contributed by atoms with Crippen LogP contribution >= 0.6 is 10.7 Å². The van der Waals surface area contributed by atoms with E-state index in [1.807, 2.05) is 35.0 Å². The van der Waals surface area contributed by atoms with Crippen molar-refractivity contribution in [1.29, 1.82) is 0 Å². The number of hydrogen-bond acceptors (Lipinski definition) is 12. The van der Waals surface area contributed by atoms with Gasteiger partial charge >= 0.3 is 22.5 Å². The number of benzene rings is 6. The van der Waals surface area contributed by atoms with Crippen molar-refractivity contribution >= 4 is 51.4 Å². The molecular weight excluding hydrogens is 1140 g/mol. The number of phenols is 1. The first-order valence-electron chi connectivity index (χ1n) is 22.5. The zero-order valence-corrected chi connectivity index (χ0v) is 43.7. The lowest BCUT2D eigenvalue weighted by molar-refractivity contribution is -0.686. The third kappa shape index (κ3) is 11.5. The van der Waals surface area contributed by atoms with Crippen molar-refractivity contribution in [2.24, 2.45) is 0 Å². The number of methoxy groups -OCH3 is 2. The van der Waals surface area contributed by atoms with Gasteiger partial charge in [-0.2, -0.15) is 43.9 Å². The second-order valence-corrected chi connectivity index (χ2v) is 21.3. The van der Waals surface area contributed by atoms with Gasteiger partial charge in [0.25, 0.3) is 9.05 Å². The first kappa shape index (κ1) is 58.6. The lowest BCUT2D eigenvalue weighted by atomic mass is 9.95. The van der Waals surface area contributed by atoms with Crippen molar-refractivity contribution in [1.82, 2.24) is 0 Å². The molecule has 0 spiro atoms. The van der Waals surface area contributed by atoms with E-state index in [2.05, 4.69) is 22.8 Å². The molecule has 0 atom stereocenters. The highest BCUT2D eigenvalue weighted by Gasteiger charge is 2.34. The van der Waals surface area contributed by atoms with E-state index in [0.29, 0.717) is 58.8 Å². The van der Waals surface area contributed by atoms with Crippen molar-refractivity contribution in [3.8, 4) is 68.5 Å². The molecule has 412 valence electrons. The quantitative estimate of drug-likeness (QED) is 0.104. The molecule has 6 heterocycles. The normalized spacial score (nSPS) is 13.5. The van der Waals surface area contributed by atoms with Crippen LogP contribution in [0.5, 0.6) is 46.0 Å². The number of nitrogens with zero attached hydrogens (tertiary/aromatic N) is 2. The summed E-state index contributed by atoms with van der Waals surface area (Å²) >= 11 is 0. The maximum Gasteiger partial charge on any atom is 0.416 e. The van der Waals surface area contributed by atoms with Crippen LogP contribution in [0.3, 0.4) is 0 Å². The summed E-state index contributed by atoms with van der Waals surface area (Å²) in [6.07, 6.45) is -3.64. The molecule has 78 heavy (non-hydrogen) atoms. The fourth-order valence-electron chi connectivity index (χ4n) is 8.99. The first-order chi connectivity index (χ1) is 35.6. The number of halogens is 9. The summed E-state index contributed by atoms with van der Waals surface area (Å²) < 4.78 is 165. The number of aromatic nitrogens is 2. The standard InChI is InChI=1S/C26H19F3NO6S.C19H15NO4.C7H4ClF3O2S.CH4.2ClH/c1-33-22-7-2-15-10-21-19-12-24-23(34-14-35-24)11-16(19)8-9-30(21)13-20(15)25(22)36-37(31,32)18-5-3-17(4-6-18)26(27,28)29;1-22-16-3-2-11-6-15-13-8-18-17(23-10-24-18)7-12(13)4-5-20(15)9-14(11)19(16)21;8-14(12,13)6-3-1-5(2-4-6)7(9,10)11;;;/h2-7,10-13H,8-9,14H2,1H3;2-3,6-9H,4-5,10H2,1H3;1-4H;1H4;2*1H/q+1;;;;;/p-1. The van der Waals surface area contributed by atoms with Crippen molar-refractivity contribution in [3.05, 3.63) is 144 Å². The summed E-state index contributed by atoms with van der Waals surface area (Å²) in [4.78, 5) is -0.762. The largest absolute Gasteiger partial charge is 1.00 e. The fourth-order valence-corrected chi connectivity index (χ4v) is 10.7. The van der Waals surface area contributed by atoms with Crippen LogP contribution in [0, 0.1) is 0 Å². The molecule has 1 N–H and O–H groups in total. The summed E-state index contributed by atoms with van der Waals surface area (Å²) in [6, 6.07) is 25.3.